The average Bonchev–Trinajstić information content (AvgIpc) is 2.36. The van der Waals surface area contributed by atoms with Crippen molar-refractivity contribution in [2.24, 2.45) is 0 Å². The van der Waals surface area contributed by atoms with Crippen molar-refractivity contribution in [3.63, 3.8) is 0 Å². The third-order valence-corrected chi connectivity index (χ3v) is 2.62. The molecule has 0 bridgehead atoms. The molecular formula is C12H15ClN2O3. The molecule has 1 N–H and O–H groups in total. The number of nitro groups is 1. The molecule has 5 nitrogen and oxygen atoms in total. The molecule has 0 aromatic heterocycles. The Hall–Kier alpha value is -1.59. The van der Waals surface area contributed by atoms with Crippen LogP contribution < -0.4 is 10.1 Å². The molecular weight excluding hydrogens is 256 g/mol. The summed E-state index contributed by atoms with van der Waals surface area (Å²) in [6.07, 6.45) is 0. The number of nitrogens with one attached hydrogen (secondary N) is 1. The lowest BCUT2D eigenvalue weighted by atomic mass is 10.2. The molecule has 0 atom stereocenters. The number of hydrogen-bond acceptors (Lipinski definition) is 4. The van der Waals surface area contributed by atoms with Crippen LogP contribution in [-0.2, 0) is 6.54 Å². The van der Waals surface area contributed by atoms with E-state index in [1.54, 1.807) is 19.1 Å². The fourth-order valence-corrected chi connectivity index (χ4v) is 1.43. The Labute approximate surface area is 111 Å². The first-order valence-corrected chi connectivity index (χ1v) is 5.82. The van der Waals surface area contributed by atoms with E-state index < -0.39 is 4.92 Å². The predicted octanol–water partition coefficient (Wildman–Crippen LogP) is 2.84. The van der Waals surface area contributed by atoms with Gasteiger partial charge in [-0.2, -0.15) is 0 Å². The highest BCUT2D eigenvalue weighted by Gasteiger charge is 2.15. The molecule has 0 aliphatic carbocycles. The predicted molar refractivity (Wildman–Crippen MR) is 71.0 cm³/mol. The van der Waals surface area contributed by atoms with Gasteiger partial charge in [0.25, 0.3) is 0 Å². The highest BCUT2D eigenvalue weighted by molar-refractivity contribution is 6.25. The van der Waals surface area contributed by atoms with Crippen LogP contribution >= 0.6 is 11.6 Å². The van der Waals surface area contributed by atoms with Crippen LogP contribution in [-0.4, -0.2) is 18.6 Å². The lowest BCUT2D eigenvalue weighted by molar-refractivity contribution is -0.385. The summed E-state index contributed by atoms with van der Waals surface area (Å²) >= 11 is 5.52. The van der Waals surface area contributed by atoms with Gasteiger partial charge in [-0.3, -0.25) is 10.1 Å². The molecule has 0 saturated carbocycles. The molecule has 98 valence electrons. The second-order valence-electron chi connectivity index (χ2n) is 3.83. The van der Waals surface area contributed by atoms with Crippen molar-refractivity contribution < 1.29 is 9.66 Å². The van der Waals surface area contributed by atoms with Gasteiger partial charge < -0.3 is 10.1 Å². The van der Waals surface area contributed by atoms with E-state index in [0.717, 1.165) is 11.1 Å². The van der Waals surface area contributed by atoms with E-state index >= 15 is 0 Å². The van der Waals surface area contributed by atoms with Gasteiger partial charge in [0.2, 0.25) is 0 Å². The summed E-state index contributed by atoms with van der Waals surface area (Å²) in [6, 6.07) is 4.81. The van der Waals surface area contributed by atoms with Crippen LogP contribution in [0, 0.1) is 10.1 Å². The number of nitro benzene ring substituents is 1. The topological polar surface area (TPSA) is 64.4 Å². The molecule has 6 heteroatoms. The third kappa shape index (κ3) is 4.01. The molecule has 0 fully saturated rings. The highest BCUT2D eigenvalue weighted by Crippen LogP contribution is 2.28. The SMILES string of the molecule is CNCc1ccc([N+](=O)[O-])c(OC/C(C)=C/Cl)c1. The Bertz CT molecular complexity index is 461. The van der Waals surface area contributed by atoms with Crippen molar-refractivity contribution in [1.82, 2.24) is 5.32 Å². The molecule has 0 spiro atoms. The first kappa shape index (κ1) is 14.5. The Kier molecular flexibility index (Phi) is 5.61. The van der Waals surface area contributed by atoms with E-state index in [2.05, 4.69) is 5.32 Å². The van der Waals surface area contributed by atoms with Crippen molar-refractivity contribution in [2.45, 2.75) is 13.5 Å². The van der Waals surface area contributed by atoms with E-state index in [9.17, 15) is 10.1 Å². The molecule has 0 saturated heterocycles. The fourth-order valence-electron chi connectivity index (χ4n) is 1.36. The first-order chi connectivity index (χ1) is 8.58. The van der Waals surface area contributed by atoms with Crippen LogP contribution in [0.2, 0.25) is 0 Å². The van der Waals surface area contributed by atoms with Crippen LogP contribution in [0.25, 0.3) is 0 Å². The van der Waals surface area contributed by atoms with Crippen LogP contribution in [0.15, 0.2) is 29.3 Å². The maximum absolute atomic E-state index is 10.9. The van der Waals surface area contributed by atoms with Crippen LogP contribution in [0.5, 0.6) is 5.75 Å². The fraction of sp³-hybridized carbons (Fsp3) is 0.333. The van der Waals surface area contributed by atoms with E-state index in [1.165, 1.54) is 11.6 Å². The third-order valence-electron chi connectivity index (χ3n) is 2.24. The van der Waals surface area contributed by atoms with Crippen molar-refractivity contribution in [3.8, 4) is 5.75 Å². The molecule has 1 aromatic rings. The van der Waals surface area contributed by atoms with Gasteiger partial charge in [-0.05, 0) is 31.2 Å². The maximum Gasteiger partial charge on any atom is 0.310 e. The Morgan fingerprint density at radius 1 is 1.61 bits per heavy atom. The Morgan fingerprint density at radius 3 is 2.89 bits per heavy atom. The van der Waals surface area contributed by atoms with Gasteiger partial charge in [-0.15, -0.1) is 0 Å². The largest absolute Gasteiger partial charge is 0.482 e. The summed E-state index contributed by atoms with van der Waals surface area (Å²) in [4.78, 5) is 10.4. The minimum absolute atomic E-state index is 0.0442. The smallest absolute Gasteiger partial charge is 0.310 e. The zero-order chi connectivity index (χ0) is 13.5. The zero-order valence-corrected chi connectivity index (χ0v) is 11.0. The van der Waals surface area contributed by atoms with Gasteiger partial charge in [0, 0.05) is 18.1 Å². The van der Waals surface area contributed by atoms with Gasteiger partial charge in [-0.25, -0.2) is 0 Å². The number of nitrogens with zero attached hydrogens (tertiary/aromatic N) is 1. The normalized spacial score (nSPS) is 11.4. The van der Waals surface area contributed by atoms with Crippen LogP contribution in [0.3, 0.4) is 0 Å². The van der Waals surface area contributed by atoms with Crippen molar-refractivity contribution in [1.29, 1.82) is 0 Å². The summed E-state index contributed by atoms with van der Waals surface area (Å²) in [5, 5.41) is 13.9. The van der Waals surface area contributed by atoms with Gasteiger partial charge in [-0.1, -0.05) is 17.7 Å². The van der Waals surface area contributed by atoms with Crippen LogP contribution in [0.1, 0.15) is 12.5 Å². The molecule has 0 aliphatic rings. The summed E-state index contributed by atoms with van der Waals surface area (Å²) in [5.74, 6) is 0.255. The molecule has 1 rings (SSSR count). The molecule has 1 aromatic carbocycles. The highest BCUT2D eigenvalue weighted by atomic mass is 35.5. The summed E-state index contributed by atoms with van der Waals surface area (Å²) in [6.45, 7) is 2.64. The van der Waals surface area contributed by atoms with E-state index in [4.69, 9.17) is 16.3 Å². The number of ether oxygens (including phenoxy) is 1. The average molecular weight is 271 g/mol. The zero-order valence-electron chi connectivity index (χ0n) is 10.3. The Morgan fingerprint density at radius 2 is 2.33 bits per heavy atom. The second kappa shape index (κ2) is 6.98. The van der Waals surface area contributed by atoms with Gasteiger partial charge in [0.15, 0.2) is 5.75 Å². The quantitative estimate of drug-likeness (QED) is 0.638. The second-order valence-corrected chi connectivity index (χ2v) is 4.05. The standard InChI is InChI=1S/C12H15ClN2O3/c1-9(6-13)8-18-12-5-10(7-14-2)3-4-11(12)15(16)17/h3-6,14H,7-8H2,1-2H3/b9-6+. The molecule has 0 unspecified atom stereocenters. The molecule has 0 heterocycles. The van der Waals surface area contributed by atoms with Crippen molar-refractivity contribution >= 4 is 17.3 Å². The lowest BCUT2D eigenvalue weighted by Crippen LogP contribution is -2.07. The lowest BCUT2D eigenvalue weighted by Gasteiger charge is -2.08. The summed E-state index contributed by atoms with van der Waals surface area (Å²) < 4.78 is 5.42. The number of halogens is 1. The maximum atomic E-state index is 10.9. The molecule has 0 radical (unpaired) electrons. The van der Waals surface area contributed by atoms with Crippen molar-refractivity contribution in [3.05, 3.63) is 45.0 Å². The van der Waals surface area contributed by atoms with E-state index in [1.807, 2.05) is 7.05 Å². The van der Waals surface area contributed by atoms with Crippen molar-refractivity contribution in [2.75, 3.05) is 13.7 Å². The molecule has 0 amide bonds. The van der Waals surface area contributed by atoms with Crippen LogP contribution in [0.4, 0.5) is 5.69 Å². The Balaban J connectivity index is 2.96. The summed E-state index contributed by atoms with van der Waals surface area (Å²) in [7, 11) is 1.81. The van der Waals surface area contributed by atoms with Gasteiger partial charge >= 0.3 is 5.69 Å². The first-order valence-electron chi connectivity index (χ1n) is 5.39. The van der Waals surface area contributed by atoms with Gasteiger partial charge in [0.05, 0.1) is 4.92 Å². The number of rotatable bonds is 6. The number of hydrogen-bond donors (Lipinski definition) is 1. The minimum Gasteiger partial charge on any atom is -0.482 e. The number of benzene rings is 1. The minimum atomic E-state index is -0.460. The summed E-state index contributed by atoms with van der Waals surface area (Å²) in [5.41, 5.74) is 3.07. The molecule has 0 aliphatic heterocycles. The van der Waals surface area contributed by atoms with Gasteiger partial charge in [0.1, 0.15) is 6.61 Å². The van der Waals surface area contributed by atoms with E-state index in [-0.39, 0.29) is 18.0 Å². The molecule has 18 heavy (non-hydrogen) atoms. The van der Waals surface area contributed by atoms with E-state index in [0.29, 0.717) is 6.54 Å². The monoisotopic (exact) mass is 270 g/mol.